The van der Waals surface area contributed by atoms with E-state index in [9.17, 15) is 9.59 Å². The zero-order chi connectivity index (χ0) is 7.98. The van der Waals surface area contributed by atoms with Crippen LogP contribution in [0.5, 0.6) is 0 Å². The van der Waals surface area contributed by atoms with Gasteiger partial charge in [-0.25, -0.2) is 0 Å². The van der Waals surface area contributed by atoms with E-state index in [-0.39, 0.29) is 32.9 Å². The van der Waals surface area contributed by atoms with Gasteiger partial charge in [0.2, 0.25) is 0 Å². The first-order valence-corrected chi connectivity index (χ1v) is 3.12. The van der Waals surface area contributed by atoms with Crippen LogP contribution in [0, 0.1) is 0 Å². The first-order chi connectivity index (χ1) is 4.70. The quantitative estimate of drug-likeness (QED) is 0.585. The van der Waals surface area contributed by atoms with E-state index < -0.39 is 11.9 Å². The normalized spacial score (nSPS) is 7.82. The van der Waals surface area contributed by atoms with Crippen molar-refractivity contribution >= 4 is 37.8 Å². The van der Waals surface area contributed by atoms with E-state index in [0.29, 0.717) is 0 Å². The van der Waals surface area contributed by atoms with E-state index in [1.54, 1.807) is 0 Å². The van der Waals surface area contributed by atoms with E-state index in [2.05, 4.69) is 34.2 Å². The molecule has 0 heterocycles. The van der Waals surface area contributed by atoms with Crippen LogP contribution in [0.4, 0.5) is 0 Å². The Balaban J connectivity index is 0. The van der Waals surface area contributed by atoms with E-state index in [0.717, 1.165) is 0 Å². The van der Waals surface area contributed by atoms with Gasteiger partial charge < -0.3 is 8.37 Å². The van der Waals surface area contributed by atoms with Crippen LogP contribution in [0.25, 0.3) is 0 Å². The third-order valence-corrected chi connectivity index (χ3v) is 1.14. The fourth-order valence-electron chi connectivity index (χ4n) is 0.295. The standard InChI is InChI=1S/C4H6O4S2.Tc/c5-3(7-9)1-2-4(6)8-10;/h9-10H,1-2H2;. The number of rotatable bonds is 3. The van der Waals surface area contributed by atoms with Crippen LogP contribution in [-0.2, 0) is 38.1 Å². The first kappa shape index (κ1) is 13.9. The van der Waals surface area contributed by atoms with Crippen molar-refractivity contribution in [3.63, 3.8) is 0 Å². The molecule has 7 heteroatoms. The maximum absolute atomic E-state index is 10.3. The van der Waals surface area contributed by atoms with Crippen molar-refractivity contribution in [3.8, 4) is 0 Å². The van der Waals surface area contributed by atoms with E-state index >= 15 is 0 Å². The van der Waals surface area contributed by atoms with Crippen LogP contribution in [0.15, 0.2) is 0 Å². The summed E-state index contributed by atoms with van der Waals surface area (Å²) in [5.74, 6) is -1.14. The topological polar surface area (TPSA) is 52.6 Å². The zero-order valence-electron chi connectivity index (χ0n) is 5.32. The smallest absolute Gasteiger partial charge is 0.318 e. The number of carbonyl (C=O) groups is 2. The molecule has 0 aliphatic rings. The van der Waals surface area contributed by atoms with Crippen LogP contribution in [0.3, 0.4) is 0 Å². The third kappa shape index (κ3) is 8.19. The van der Waals surface area contributed by atoms with Gasteiger partial charge in [-0.05, 0) is 0 Å². The Hall–Kier alpha value is 0.289. The summed E-state index contributed by atoms with van der Waals surface area (Å²) in [6.45, 7) is 0. The minimum atomic E-state index is -0.568. The van der Waals surface area contributed by atoms with Crippen molar-refractivity contribution in [2.45, 2.75) is 12.8 Å². The maximum Gasteiger partial charge on any atom is 0.318 e. The Kier molecular flexibility index (Phi) is 10.6. The third-order valence-electron chi connectivity index (χ3n) is 0.737. The van der Waals surface area contributed by atoms with E-state index in [1.807, 2.05) is 0 Å². The van der Waals surface area contributed by atoms with Crippen LogP contribution in [0.1, 0.15) is 12.8 Å². The number of hydrogen-bond acceptors (Lipinski definition) is 6. The molecule has 0 bridgehead atoms. The molecule has 0 rings (SSSR count). The fourth-order valence-corrected chi connectivity index (χ4v) is 0.478. The molecule has 0 aromatic carbocycles. The minimum absolute atomic E-state index is 0. The molecule has 0 saturated heterocycles. The molecular formula is C4H6O4S2Tc. The van der Waals surface area contributed by atoms with Gasteiger partial charge in [0, 0.05) is 45.9 Å². The Morgan fingerprint density at radius 3 is 1.45 bits per heavy atom. The van der Waals surface area contributed by atoms with Crippen LogP contribution >= 0.6 is 25.8 Å². The fraction of sp³-hybridized carbons (Fsp3) is 0.500. The van der Waals surface area contributed by atoms with Gasteiger partial charge in [0.25, 0.3) is 0 Å². The molecule has 4 nitrogen and oxygen atoms in total. The van der Waals surface area contributed by atoms with Gasteiger partial charge >= 0.3 is 11.9 Å². The van der Waals surface area contributed by atoms with Gasteiger partial charge in [-0.15, -0.1) is 0 Å². The minimum Gasteiger partial charge on any atom is -0.395 e. The number of carbonyl (C=O) groups excluding carboxylic acids is 2. The summed E-state index contributed by atoms with van der Waals surface area (Å²) >= 11 is 6.45. The van der Waals surface area contributed by atoms with Gasteiger partial charge in [-0.3, -0.25) is 9.59 Å². The van der Waals surface area contributed by atoms with Crippen LogP contribution < -0.4 is 0 Å². The van der Waals surface area contributed by atoms with Crippen molar-refractivity contribution in [2.24, 2.45) is 0 Å². The molecule has 0 atom stereocenters. The maximum atomic E-state index is 10.3. The Labute approximate surface area is 88.6 Å². The molecule has 0 aliphatic carbocycles. The average Bonchev–Trinajstić information content (AvgIpc) is 1.99. The summed E-state index contributed by atoms with van der Waals surface area (Å²) in [6.07, 6.45) is -0.0776. The molecule has 11 heavy (non-hydrogen) atoms. The number of hydrogen-bond donors (Lipinski definition) is 2. The van der Waals surface area contributed by atoms with Gasteiger partial charge in [0.1, 0.15) is 0 Å². The first-order valence-electron chi connectivity index (χ1n) is 2.39. The molecule has 0 saturated carbocycles. The van der Waals surface area contributed by atoms with Crippen molar-refractivity contribution in [3.05, 3.63) is 0 Å². The van der Waals surface area contributed by atoms with Gasteiger partial charge in [0.15, 0.2) is 0 Å². The predicted octanol–water partition coefficient (Wildman–Crippen LogP) is 0.540. The summed E-state index contributed by atoms with van der Waals surface area (Å²) in [7, 11) is 0. The van der Waals surface area contributed by atoms with Crippen molar-refractivity contribution < 1.29 is 38.1 Å². The summed E-state index contributed by atoms with van der Waals surface area (Å²) in [4.78, 5) is 20.6. The molecule has 0 spiro atoms. The second-order valence-corrected chi connectivity index (χ2v) is 1.79. The second kappa shape index (κ2) is 8.39. The Morgan fingerprint density at radius 2 is 1.27 bits per heavy atom. The van der Waals surface area contributed by atoms with Crippen molar-refractivity contribution in [2.75, 3.05) is 0 Å². The molecule has 0 N–H and O–H groups in total. The van der Waals surface area contributed by atoms with Crippen LogP contribution in [0.2, 0.25) is 0 Å². The zero-order valence-corrected chi connectivity index (χ0v) is 8.97. The molecule has 0 aromatic rings. The Bertz CT molecular complexity index is 124. The van der Waals surface area contributed by atoms with Crippen molar-refractivity contribution in [1.82, 2.24) is 0 Å². The molecule has 0 unspecified atom stereocenters. The molecule has 0 aromatic heterocycles. The SMILES string of the molecule is O=C(CCC(=O)OS)OS.[Tc]. The van der Waals surface area contributed by atoms with Gasteiger partial charge in [-0.1, -0.05) is 0 Å². The van der Waals surface area contributed by atoms with E-state index in [1.165, 1.54) is 0 Å². The van der Waals surface area contributed by atoms with Crippen molar-refractivity contribution in [1.29, 1.82) is 0 Å². The molecule has 0 aliphatic heterocycles. The summed E-state index contributed by atoms with van der Waals surface area (Å²) < 4.78 is 7.94. The Morgan fingerprint density at radius 1 is 1.00 bits per heavy atom. The molecule has 0 amide bonds. The predicted molar refractivity (Wildman–Crippen MR) is 39.4 cm³/mol. The van der Waals surface area contributed by atoms with E-state index in [4.69, 9.17) is 0 Å². The molecule has 0 fully saturated rings. The van der Waals surface area contributed by atoms with Crippen LogP contribution in [-0.4, -0.2) is 11.9 Å². The van der Waals surface area contributed by atoms with Gasteiger partial charge in [0.05, 0.1) is 12.8 Å². The average molecular weight is 280 g/mol. The monoisotopic (exact) mass is 279 g/mol. The largest absolute Gasteiger partial charge is 0.395 e. The molecule has 65 valence electrons. The summed E-state index contributed by atoms with van der Waals surface area (Å²) in [6, 6.07) is 0. The molecular weight excluding hydrogens is 274 g/mol. The summed E-state index contributed by atoms with van der Waals surface area (Å²) in [5.41, 5.74) is 0. The summed E-state index contributed by atoms with van der Waals surface area (Å²) in [5, 5.41) is 0. The number of thiol groups is 2. The molecule has 1 radical (unpaired) electrons. The van der Waals surface area contributed by atoms with Gasteiger partial charge in [-0.2, -0.15) is 0 Å². The second-order valence-electron chi connectivity index (χ2n) is 1.43.